The lowest BCUT2D eigenvalue weighted by molar-refractivity contribution is -0.117. The van der Waals surface area contributed by atoms with Crippen molar-refractivity contribution in [3.8, 4) is 5.75 Å². The summed E-state index contributed by atoms with van der Waals surface area (Å²) < 4.78 is 21.7. The molecule has 1 amide bonds. The van der Waals surface area contributed by atoms with Gasteiger partial charge in [0.05, 0.1) is 16.8 Å². The monoisotopic (exact) mass is 418 g/mol. The normalized spacial score (nSPS) is 11.9. The van der Waals surface area contributed by atoms with Gasteiger partial charge in [0.1, 0.15) is 11.6 Å². The van der Waals surface area contributed by atoms with Gasteiger partial charge in [-0.25, -0.2) is 4.39 Å². The number of carbonyl (C=O) groups is 1. The number of nitrogens with zero attached hydrogens (tertiary/aromatic N) is 2. The molecule has 7 heteroatoms. The molecule has 0 unspecified atom stereocenters. The number of carbonyl (C=O) groups excluding carboxylic acids is 1. The molecule has 0 spiro atoms. The fourth-order valence-corrected chi connectivity index (χ4v) is 4.73. The van der Waals surface area contributed by atoms with Gasteiger partial charge in [0, 0.05) is 23.6 Å². The van der Waals surface area contributed by atoms with Crippen molar-refractivity contribution in [3.05, 3.63) is 53.1 Å². The highest BCUT2D eigenvalue weighted by atomic mass is 32.2. The molecule has 0 N–H and O–H groups in total. The molecular weight excluding hydrogens is 395 g/mol. The Hall–Kier alpha value is -2.12. The van der Waals surface area contributed by atoms with Crippen LogP contribution in [0.15, 0.2) is 52.4 Å². The van der Waals surface area contributed by atoms with E-state index in [-0.39, 0.29) is 11.7 Å². The maximum absolute atomic E-state index is 12.9. The minimum absolute atomic E-state index is 0.143. The highest BCUT2D eigenvalue weighted by Crippen LogP contribution is 2.24. The van der Waals surface area contributed by atoms with E-state index < -0.39 is 0 Å². The van der Waals surface area contributed by atoms with E-state index in [0.717, 1.165) is 38.6 Å². The van der Waals surface area contributed by atoms with Gasteiger partial charge in [-0.05, 0) is 55.8 Å². The number of amides is 1. The van der Waals surface area contributed by atoms with Crippen LogP contribution in [0.5, 0.6) is 5.75 Å². The number of aryl methyl sites for hydroxylation is 1. The average Bonchev–Trinajstić information content (AvgIpc) is 3.00. The van der Waals surface area contributed by atoms with E-state index in [1.165, 1.54) is 35.2 Å². The Balaban J connectivity index is 1.76. The molecule has 3 aromatic rings. The maximum atomic E-state index is 12.9. The zero-order valence-electron chi connectivity index (χ0n) is 16.0. The van der Waals surface area contributed by atoms with E-state index in [2.05, 4.69) is 16.5 Å². The van der Waals surface area contributed by atoms with Crippen molar-refractivity contribution in [3.63, 3.8) is 0 Å². The first-order chi connectivity index (χ1) is 13.6. The standard InChI is InChI=1S/C21H23FN2O2S2/c1-3-12-24-18-10-7-16(26-4-2)14-19(18)28-21(24)23-20(25)11-13-27-17-8-5-15(22)6-9-17/h5-10,14H,3-4,11-13H2,1-2H3. The van der Waals surface area contributed by atoms with Crippen LogP contribution in [0.1, 0.15) is 26.7 Å². The summed E-state index contributed by atoms with van der Waals surface area (Å²) in [4.78, 5) is 18.4. The number of ether oxygens (including phenoxy) is 1. The smallest absolute Gasteiger partial charge is 0.249 e. The van der Waals surface area contributed by atoms with Crippen molar-refractivity contribution in [2.75, 3.05) is 12.4 Å². The SMILES string of the molecule is CCCn1c(=NC(=O)CCSc2ccc(F)cc2)sc2cc(OCC)ccc21. The predicted molar refractivity (Wildman–Crippen MR) is 114 cm³/mol. The first-order valence-electron chi connectivity index (χ1n) is 9.32. The number of hydrogen-bond donors (Lipinski definition) is 0. The van der Waals surface area contributed by atoms with Gasteiger partial charge in [-0.2, -0.15) is 4.99 Å². The molecule has 28 heavy (non-hydrogen) atoms. The summed E-state index contributed by atoms with van der Waals surface area (Å²) in [5, 5.41) is 0. The lowest BCUT2D eigenvalue weighted by Gasteiger charge is -2.05. The second-order valence-electron chi connectivity index (χ2n) is 6.16. The molecule has 0 bridgehead atoms. The molecule has 148 valence electrons. The van der Waals surface area contributed by atoms with Crippen molar-refractivity contribution >= 4 is 39.2 Å². The van der Waals surface area contributed by atoms with Crippen molar-refractivity contribution in [1.29, 1.82) is 0 Å². The lowest BCUT2D eigenvalue weighted by atomic mass is 10.3. The summed E-state index contributed by atoms with van der Waals surface area (Å²) in [6, 6.07) is 12.3. The summed E-state index contributed by atoms with van der Waals surface area (Å²) in [6.07, 6.45) is 1.30. The van der Waals surface area contributed by atoms with Crippen LogP contribution in [0, 0.1) is 5.82 Å². The van der Waals surface area contributed by atoms with Crippen LogP contribution in [-0.4, -0.2) is 22.8 Å². The van der Waals surface area contributed by atoms with Gasteiger partial charge in [-0.15, -0.1) is 11.8 Å². The van der Waals surface area contributed by atoms with E-state index in [1.807, 2.05) is 25.1 Å². The highest BCUT2D eigenvalue weighted by molar-refractivity contribution is 7.99. The van der Waals surface area contributed by atoms with Gasteiger partial charge in [0.25, 0.3) is 0 Å². The third-order valence-electron chi connectivity index (χ3n) is 4.03. The van der Waals surface area contributed by atoms with Gasteiger partial charge in [-0.1, -0.05) is 18.3 Å². The summed E-state index contributed by atoms with van der Waals surface area (Å²) in [5.74, 6) is 1.04. The third kappa shape index (κ3) is 5.23. The minimum atomic E-state index is -0.256. The maximum Gasteiger partial charge on any atom is 0.249 e. The Morgan fingerprint density at radius 1 is 1.21 bits per heavy atom. The van der Waals surface area contributed by atoms with Crippen LogP contribution in [0.25, 0.3) is 10.2 Å². The summed E-state index contributed by atoms with van der Waals surface area (Å²) in [5.41, 5.74) is 1.07. The summed E-state index contributed by atoms with van der Waals surface area (Å²) >= 11 is 3.04. The zero-order valence-corrected chi connectivity index (χ0v) is 17.6. The number of benzene rings is 2. The molecule has 0 saturated heterocycles. The second kappa shape index (κ2) is 9.89. The molecular formula is C21H23FN2O2S2. The van der Waals surface area contributed by atoms with Gasteiger partial charge in [0.2, 0.25) is 5.91 Å². The van der Waals surface area contributed by atoms with E-state index in [4.69, 9.17) is 4.74 Å². The molecule has 0 atom stereocenters. The van der Waals surface area contributed by atoms with Crippen LogP contribution in [0.3, 0.4) is 0 Å². The van der Waals surface area contributed by atoms with E-state index in [9.17, 15) is 9.18 Å². The van der Waals surface area contributed by atoms with Gasteiger partial charge < -0.3 is 9.30 Å². The number of aromatic nitrogens is 1. The third-order valence-corrected chi connectivity index (χ3v) is 6.09. The van der Waals surface area contributed by atoms with Gasteiger partial charge in [0.15, 0.2) is 4.80 Å². The molecule has 3 rings (SSSR count). The first-order valence-corrected chi connectivity index (χ1v) is 11.1. The van der Waals surface area contributed by atoms with E-state index in [1.54, 1.807) is 12.1 Å². The molecule has 0 aliphatic rings. The topological polar surface area (TPSA) is 43.6 Å². The van der Waals surface area contributed by atoms with Gasteiger partial charge >= 0.3 is 0 Å². The Morgan fingerprint density at radius 2 is 2.00 bits per heavy atom. The van der Waals surface area contributed by atoms with Crippen LogP contribution < -0.4 is 9.54 Å². The summed E-state index contributed by atoms with van der Waals surface area (Å²) in [6.45, 7) is 5.49. The number of fused-ring (bicyclic) bond motifs is 1. The summed E-state index contributed by atoms with van der Waals surface area (Å²) in [7, 11) is 0. The molecule has 2 aromatic carbocycles. The second-order valence-corrected chi connectivity index (χ2v) is 8.33. The molecule has 1 heterocycles. The first kappa shape index (κ1) is 20.6. The lowest BCUT2D eigenvalue weighted by Crippen LogP contribution is -2.16. The molecule has 0 radical (unpaired) electrons. The molecule has 0 aliphatic heterocycles. The highest BCUT2D eigenvalue weighted by Gasteiger charge is 2.09. The largest absolute Gasteiger partial charge is 0.494 e. The van der Waals surface area contributed by atoms with Crippen molar-refractivity contribution in [1.82, 2.24) is 4.57 Å². The number of thioether (sulfide) groups is 1. The molecule has 0 fully saturated rings. The van der Waals surface area contributed by atoms with Crippen molar-refractivity contribution < 1.29 is 13.9 Å². The van der Waals surface area contributed by atoms with Crippen molar-refractivity contribution in [2.45, 2.75) is 38.1 Å². The predicted octanol–water partition coefficient (Wildman–Crippen LogP) is 5.26. The van der Waals surface area contributed by atoms with Crippen LogP contribution in [-0.2, 0) is 11.3 Å². The number of rotatable bonds is 8. The number of halogens is 1. The van der Waals surface area contributed by atoms with Crippen LogP contribution in [0.2, 0.25) is 0 Å². The van der Waals surface area contributed by atoms with Crippen molar-refractivity contribution in [2.24, 2.45) is 4.99 Å². The fourth-order valence-electron chi connectivity index (χ4n) is 2.78. The van der Waals surface area contributed by atoms with E-state index >= 15 is 0 Å². The van der Waals surface area contributed by atoms with Gasteiger partial charge in [-0.3, -0.25) is 4.79 Å². The van der Waals surface area contributed by atoms with Crippen LogP contribution in [0.4, 0.5) is 4.39 Å². The average molecular weight is 419 g/mol. The Labute approximate surface area is 172 Å². The Bertz CT molecular complexity index is 1010. The number of thiazole rings is 1. The Kier molecular flexibility index (Phi) is 7.28. The number of hydrogen-bond acceptors (Lipinski definition) is 4. The quantitative estimate of drug-likeness (QED) is 0.469. The van der Waals surface area contributed by atoms with Crippen LogP contribution >= 0.6 is 23.1 Å². The van der Waals surface area contributed by atoms with E-state index in [0.29, 0.717) is 18.8 Å². The molecule has 1 aromatic heterocycles. The molecule has 0 saturated carbocycles. The minimum Gasteiger partial charge on any atom is -0.494 e. The molecule has 0 aliphatic carbocycles. The fraction of sp³-hybridized carbons (Fsp3) is 0.333. The Morgan fingerprint density at radius 3 is 2.71 bits per heavy atom. The molecule has 4 nitrogen and oxygen atoms in total. The zero-order chi connectivity index (χ0) is 19.9.